The number of carbonyl (C=O) groups is 2. The first-order valence-electron chi connectivity index (χ1n) is 10.0. The normalized spacial score (nSPS) is 24.2. The molecule has 3 heterocycles. The van der Waals surface area contributed by atoms with Gasteiger partial charge in [-0.15, -0.1) is 0 Å². The number of alkyl halides is 3. The molecule has 2 fully saturated rings. The lowest BCUT2D eigenvalue weighted by Crippen LogP contribution is -2.45. The second-order valence-electron chi connectivity index (χ2n) is 7.81. The first-order chi connectivity index (χ1) is 14.3. The fraction of sp³-hybridized carbons (Fsp3) is 0.409. The van der Waals surface area contributed by atoms with Crippen molar-refractivity contribution in [3.63, 3.8) is 0 Å². The Hall–Kier alpha value is -2.90. The van der Waals surface area contributed by atoms with E-state index in [1.54, 1.807) is 35.4 Å². The zero-order valence-corrected chi connectivity index (χ0v) is 16.2. The van der Waals surface area contributed by atoms with E-state index in [2.05, 4.69) is 10.3 Å². The van der Waals surface area contributed by atoms with Crippen LogP contribution >= 0.6 is 0 Å². The Bertz CT molecular complexity index is 933. The summed E-state index contributed by atoms with van der Waals surface area (Å²) < 4.78 is 39.8. The lowest BCUT2D eigenvalue weighted by atomic mass is 10.00. The highest BCUT2D eigenvalue weighted by Crippen LogP contribution is 2.41. The van der Waals surface area contributed by atoms with Crippen LogP contribution in [0.3, 0.4) is 0 Å². The average molecular weight is 417 g/mol. The van der Waals surface area contributed by atoms with E-state index in [4.69, 9.17) is 0 Å². The van der Waals surface area contributed by atoms with Gasteiger partial charge in [0, 0.05) is 18.3 Å². The van der Waals surface area contributed by atoms with Crippen LogP contribution in [0.4, 0.5) is 13.2 Å². The Morgan fingerprint density at radius 3 is 2.77 bits per heavy atom. The van der Waals surface area contributed by atoms with E-state index < -0.39 is 17.8 Å². The number of carbonyl (C=O) groups excluding carboxylic acids is 2. The maximum atomic E-state index is 13.3. The van der Waals surface area contributed by atoms with Crippen molar-refractivity contribution in [1.82, 2.24) is 15.2 Å². The van der Waals surface area contributed by atoms with Crippen LogP contribution < -0.4 is 5.32 Å². The van der Waals surface area contributed by atoms with E-state index in [-0.39, 0.29) is 30.3 Å². The molecule has 0 radical (unpaired) electrons. The molecule has 2 aromatic rings. The van der Waals surface area contributed by atoms with Crippen LogP contribution in [0.25, 0.3) is 0 Å². The third-order valence-electron chi connectivity index (χ3n) is 5.83. The van der Waals surface area contributed by atoms with E-state index in [0.717, 1.165) is 12.1 Å². The van der Waals surface area contributed by atoms with Crippen LogP contribution in [0.2, 0.25) is 0 Å². The summed E-state index contributed by atoms with van der Waals surface area (Å²) in [4.78, 5) is 31.2. The summed E-state index contributed by atoms with van der Waals surface area (Å²) >= 11 is 0. The fourth-order valence-corrected chi connectivity index (χ4v) is 4.51. The van der Waals surface area contributed by atoms with Gasteiger partial charge in [0.15, 0.2) is 0 Å². The molecule has 0 spiro atoms. The molecule has 5 nitrogen and oxygen atoms in total. The molecule has 0 saturated carbocycles. The molecule has 8 heteroatoms. The Morgan fingerprint density at radius 2 is 2.03 bits per heavy atom. The Morgan fingerprint density at radius 1 is 1.20 bits per heavy atom. The molecule has 4 rings (SSSR count). The monoisotopic (exact) mass is 417 g/mol. The molecule has 2 saturated heterocycles. The number of hydrogen-bond acceptors (Lipinski definition) is 3. The summed E-state index contributed by atoms with van der Waals surface area (Å²) in [5, 5.41) is 2.96. The van der Waals surface area contributed by atoms with Gasteiger partial charge in [0.2, 0.25) is 11.8 Å². The number of nitrogens with one attached hydrogen (secondary N) is 1. The maximum absolute atomic E-state index is 13.3. The van der Waals surface area contributed by atoms with Crippen molar-refractivity contribution in [1.29, 1.82) is 0 Å². The number of amides is 2. The van der Waals surface area contributed by atoms with Crippen LogP contribution in [0.1, 0.15) is 48.5 Å². The van der Waals surface area contributed by atoms with E-state index in [9.17, 15) is 22.8 Å². The second-order valence-corrected chi connectivity index (χ2v) is 7.81. The summed E-state index contributed by atoms with van der Waals surface area (Å²) in [5.74, 6) is -0.274. The Labute approximate surface area is 172 Å². The number of benzene rings is 1. The van der Waals surface area contributed by atoms with Crippen molar-refractivity contribution in [2.45, 2.75) is 56.4 Å². The number of rotatable bonds is 3. The van der Waals surface area contributed by atoms with Gasteiger partial charge >= 0.3 is 6.18 Å². The quantitative estimate of drug-likeness (QED) is 0.829. The molecular weight excluding hydrogens is 395 g/mol. The topological polar surface area (TPSA) is 62.3 Å². The largest absolute Gasteiger partial charge is 0.416 e. The second kappa shape index (κ2) is 8.08. The minimum Gasteiger partial charge on any atom is -0.351 e. The van der Waals surface area contributed by atoms with Crippen LogP contribution in [0, 0.1) is 0 Å². The highest BCUT2D eigenvalue weighted by Gasteiger charge is 2.46. The number of hydrogen-bond donors (Lipinski definition) is 1. The third kappa shape index (κ3) is 4.17. The SMILES string of the molecule is O=C1CCC[C@H]2[C@@H](C[C@@H](c3cccc(C(F)(F)F)c3)N2C(=O)Cc2ccccn2)N1. The molecular formula is C22H22F3N3O2. The van der Waals surface area contributed by atoms with Gasteiger partial charge in [0.25, 0.3) is 0 Å². The van der Waals surface area contributed by atoms with Crippen LogP contribution in [0.5, 0.6) is 0 Å². The highest BCUT2D eigenvalue weighted by molar-refractivity contribution is 5.81. The molecule has 0 unspecified atom stereocenters. The molecule has 30 heavy (non-hydrogen) atoms. The summed E-state index contributed by atoms with van der Waals surface area (Å²) in [6, 6.07) is 9.37. The Kier molecular flexibility index (Phi) is 5.49. The zero-order valence-electron chi connectivity index (χ0n) is 16.2. The molecule has 3 atom stereocenters. The van der Waals surface area contributed by atoms with Crippen molar-refractivity contribution in [3.05, 3.63) is 65.5 Å². The molecule has 1 aromatic carbocycles. The molecule has 1 N–H and O–H groups in total. The maximum Gasteiger partial charge on any atom is 0.416 e. The molecule has 1 aromatic heterocycles. The summed E-state index contributed by atoms with van der Waals surface area (Å²) in [7, 11) is 0. The van der Waals surface area contributed by atoms with Crippen molar-refractivity contribution in [3.8, 4) is 0 Å². The Balaban J connectivity index is 1.68. The number of aromatic nitrogens is 1. The number of halogens is 3. The highest BCUT2D eigenvalue weighted by atomic mass is 19.4. The number of pyridine rings is 1. The first-order valence-corrected chi connectivity index (χ1v) is 10.0. The molecule has 0 aliphatic carbocycles. The predicted molar refractivity (Wildman–Crippen MR) is 103 cm³/mol. The van der Waals surface area contributed by atoms with Crippen molar-refractivity contribution < 1.29 is 22.8 Å². The molecule has 0 bridgehead atoms. The number of fused-ring (bicyclic) bond motifs is 1. The van der Waals surface area contributed by atoms with Gasteiger partial charge in [-0.05, 0) is 49.1 Å². The van der Waals surface area contributed by atoms with Gasteiger partial charge in [-0.3, -0.25) is 14.6 Å². The fourth-order valence-electron chi connectivity index (χ4n) is 4.51. The number of likely N-dealkylation sites (tertiary alicyclic amines) is 1. The minimum atomic E-state index is -4.46. The van der Waals surface area contributed by atoms with Gasteiger partial charge < -0.3 is 10.2 Å². The van der Waals surface area contributed by atoms with Crippen LogP contribution in [0.15, 0.2) is 48.7 Å². The smallest absolute Gasteiger partial charge is 0.351 e. The van der Waals surface area contributed by atoms with Crippen LogP contribution in [-0.2, 0) is 22.2 Å². The summed E-state index contributed by atoms with van der Waals surface area (Å²) in [6.45, 7) is 0. The predicted octanol–water partition coefficient (Wildman–Crippen LogP) is 3.65. The van der Waals surface area contributed by atoms with Crippen molar-refractivity contribution >= 4 is 11.8 Å². The van der Waals surface area contributed by atoms with E-state index >= 15 is 0 Å². The lowest BCUT2D eigenvalue weighted by molar-refractivity contribution is -0.137. The van der Waals surface area contributed by atoms with E-state index in [1.807, 2.05) is 0 Å². The van der Waals surface area contributed by atoms with Crippen molar-refractivity contribution in [2.75, 3.05) is 0 Å². The molecule has 2 amide bonds. The average Bonchev–Trinajstić information content (AvgIpc) is 2.96. The molecule has 158 valence electrons. The molecule has 2 aliphatic rings. The van der Waals surface area contributed by atoms with Gasteiger partial charge in [0.1, 0.15) is 0 Å². The molecule has 2 aliphatic heterocycles. The van der Waals surface area contributed by atoms with Crippen molar-refractivity contribution in [2.24, 2.45) is 0 Å². The third-order valence-corrected chi connectivity index (χ3v) is 5.83. The van der Waals surface area contributed by atoms with Gasteiger partial charge in [0.05, 0.1) is 30.1 Å². The van der Waals surface area contributed by atoms with Gasteiger partial charge in [-0.2, -0.15) is 13.2 Å². The van der Waals surface area contributed by atoms with Crippen LogP contribution in [-0.4, -0.2) is 33.8 Å². The first kappa shape index (κ1) is 20.4. The summed E-state index contributed by atoms with van der Waals surface area (Å²) in [5.41, 5.74) is 0.293. The summed E-state index contributed by atoms with van der Waals surface area (Å²) in [6.07, 6.45) is -0.743. The lowest BCUT2D eigenvalue weighted by Gasteiger charge is -2.31. The van der Waals surface area contributed by atoms with E-state index in [1.165, 1.54) is 6.07 Å². The van der Waals surface area contributed by atoms with Gasteiger partial charge in [-0.1, -0.05) is 18.2 Å². The van der Waals surface area contributed by atoms with Gasteiger partial charge in [-0.25, -0.2) is 0 Å². The number of nitrogens with zero attached hydrogens (tertiary/aromatic N) is 2. The minimum absolute atomic E-state index is 0.0630. The standard InChI is InChI=1S/C22H22F3N3O2/c23-22(24,25)15-6-3-5-14(11-15)19-13-17-18(8-4-9-20(29)27-17)28(19)21(30)12-16-7-1-2-10-26-16/h1-3,5-7,10-11,17-19H,4,8-9,12-13H2,(H,27,29)/t17-,18+,19+/m1/s1. The zero-order chi connectivity index (χ0) is 21.3. The van der Waals surface area contributed by atoms with E-state index in [0.29, 0.717) is 36.9 Å².